The molecule has 3 nitrogen and oxygen atoms in total. The van der Waals surface area contributed by atoms with Crippen molar-refractivity contribution in [2.24, 2.45) is 0 Å². The van der Waals surface area contributed by atoms with Gasteiger partial charge in [0, 0.05) is 18.5 Å². The van der Waals surface area contributed by atoms with E-state index in [0.717, 1.165) is 38.6 Å². The van der Waals surface area contributed by atoms with Crippen LogP contribution in [0, 0.1) is 0 Å². The highest BCUT2D eigenvalue weighted by molar-refractivity contribution is 5.91. The largest absolute Gasteiger partial charge is 0.352 e. The van der Waals surface area contributed by atoms with Crippen molar-refractivity contribution in [1.82, 2.24) is 5.32 Å². The molecule has 0 heterocycles. The third-order valence-corrected chi connectivity index (χ3v) is 2.38. The highest BCUT2D eigenvalue weighted by Crippen LogP contribution is 2.05. The summed E-state index contributed by atoms with van der Waals surface area (Å²) in [7, 11) is 0. The normalized spacial score (nSPS) is 9.11. The lowest BCUT2D eigenvalue weighted by atomic mass is 10.1. The van der Waals surface area contributed by atoms with E-state index in [0.29, 0.717) is 12.0 Å². The van der Waals surface area contributed by atoms with Crippen LogP contribution in [0.25, 0.3) is 0 Å². The lowest BCUT2D eigenvalue weighted by molar-refractivity contribution is -0.118. The van der Waals surface area contributed by atoms with Gasteiger partial charge in [-0.1, -0.05) is 39.7 Å². The highest BCUT2D eigenvalue weighted by Gasteiger charge is 1.99. The SMILES string of the molecule is C=C(C)C(=O)NCCCCCCCC(C)=O.CC. The minimum Gasteiger partial charge on any atom is -0.352 e. The van der Waals surface area contributed by atoms with Gasteiger partial charge in [0.05, 0.1) is 0 Å². The molecule has 3 heteroatoms. The second-order valence-corrected chi connectivity index (χ2v) is 4.26. The molecule has 0 fully saturated rings. The Kier molecular flexibility index (Phi) is 14.9. The van der Waals surface area contributed by atoms with Gasteiger partial charge < -0.3 is 10.1 Å². The predicted octanol–water partition coefficient (Wildman–Crippen LogP) is 3.63. The molecule has 0 saturated carbocycles. The Balaban J connectivity index is 0. The second kappa shape index (κ2) is 13.9. The summed E-state index contributed by atoms with van der Waals surface area (Å²) in [5.74, 6) is 0.213. The lowest BCUT2D eigenvalue weighted by Crippen LogP contribution is -2.24. The first-order chi connectivity index (χ1) is 8.54. The third-order valence-electron chi connectivity index (χ3n) is 2.38. The Morgan fingerprint density at radius 2 is 1.44 bits per heavy atom. The summed E-state index contributed by atoms with van der Waals surface area (Å²) < 4.78 is 0. The van der Waals surface area contributed by atoms with Crippen LogP contribution in [0.15, 0.2) is 12.2 Å². The molecule has 0 aromatic heterocycles. The van der Waals surface area contributed by atoms with Gasteiger partial charge in [-0.15, -0.1) is 0 Å². The van der Waals surface area contributed by atoms with Crippen LogP contribution in [0.2, 0.25) is 0 Å². The van der Waals surface area contributed by atoms with Crippen LogP contribution >= 0.6 is 0 Å². The molecule has 0 aliphatic carbocycles. The molecule has 0 aliphatic rings. The standard InChI is InChI=1S/C13H23NO2.C2H6/c1-11(2)13(16)14-10-8-6-4-5-7-9-12(3)15;1-2/h1,4-10H2,2-3H3,(H,14,16);1-2H3. The van der Waals surface area contributed by atoms with Gasteiger partial charge in [0.2, 0.25) is 5.91 Å². The number of ketones is 1. The molecule has 0 spiro atoms. The van der Waals surface area contributed by atoms with Gasteiger partial charge in [0.1, 0.15) is 5.78 Å². The van der Waals surface area contributed by atoms with Crippen LogP contribution in [0.1, 0.15) is 66.2 Å². The maximum atomic E-state index is 11.1. The van der Waals surface area contributed by atoms with Crippen LogP contribution in [-0.2, 0) is 9.59 Å². The Morgan fingerprint density at radius 1 is 0.944 bits per heavy atom. The van der Waals surface area contributed by atoms with Gasteiger partial charge in [-0.25, -0.2) is 0 Å². The number of amides is 1. The van der Waals surface area contributed by atoms with Crippen LogP contribution in [0.4, 0.5) is 0 Å². The van der Waals surface area contributed by atoms with Crippen molar-refractivity contribution >= 4 is 11.7 Å². The van der Waals surface area contributed by atoms with E-state index in [9.17, 15) is 9.59 Å². The fourth-order valence-corrected chi connectivity index (χ4v) is 1.38. The fraction of sp³-hybridized carbons (Fsp3) is 0.733. The zero-order valence-electron chi connectivity index (χ0n) is 12.5. The maximum absolute atomic E-state index is 11.1. The van der Waals surface area contributed by atoms with Gasteiger partial charge in [0.25, 0.3) is 0 Å². The summed E-state index contributed by atoms with van der Waals surface area (Å²) in [5, 5.41) is 2.80. The molecule has 0 aromatic rings. The summed E-state index contributed by atoms with van der Waals surface area (Å²) in [6.07, 6.45) is 6.04. The van der Waals surface area contributed by atoms with Crippen LogP contribution in [0.3, 0.4) is 0 Å². The molecule has 0 aromatic carbocycles. The summed E-state index contributed by atoms with van der Waals surface area (Å²) in [6, 6.07) is 0. The molecule has 1 amide bonds. The fourth-order valence-electron chi connectivity index (χ4n) is 1.38. The first-order valence-electron chi connectivity index (χ1n) is 6.97. The molecule has 0 aliphatic heterocycles. The lowest BCUT2D eigenvalue weighted by Gasteiger charge is -2.04. The number of unbranched alkanes of at least 4 members (excludes halogenated alkanes) is 4. The van der Waals surface area contributed by atoms with E-state index in [1.807, 2.05) is 13.8 Å². The first kappa shape index (κ1) is 19.2. The topological polar surface area (TPSA) is 46.2 Å². The molecule has 0 saturated heterocycles. The zero-order valence-corrected chi connectivity index (χ0v) is 12.5. The molecule has 0 bridgehead atoms. The Bertz CT molecular complexity index is 247. The van der Waals surface area contributed by atoms with Crippen molar-refractivity contribution in [2.75, 3.05) is 6.54 Å². The van der Waals surface area contributed by atoms with Crippen molar-refractivity contribution in [3.63, 3.8) is 0 Å². The number of carbonyl (C=O) groups is 2. The Hall–Kier alpha value is -1.12. The van der Waals surface area contributed by atoms with Crippen molar-refractivity contribution in [3.8, 4) is 0 Å². The molecule has 0 rings (SSSR count). The van der Waals surface area contributed by atoms with Gasteiger partial charge in [0.15, 0.2) is 0 Å². The Morgan fingerprint density at radius 3 is 1.94 bits per heavy atom. The second-order valence-electron chi connectivity index (χ2n) is 4.26. The molecule has 106 valence electrons. The van der Waals surface area contributed by atoms with Gasteiger partial charge in [-0.3, -0.25) is 4.79 Å². The van der Waals surface area contributed by atoms with Gasteiger partial charge in [-0.2, -0.15) is 0 Å². The van der Waals surface area contributed by atoms with E-state index in [1.165, 1.54) is 0 Å². The summed E-state index contributed by atoms with van der Waals surface area (Å²) in [6.45, 7) is 11.6. The zero-order chi connectivity index (χ0) is 14.4. The molecule has 0 unspecified atom stereocenters. The number of rotatable bonds is 9. The quantitative estimate of drug-likeness (QED) is 0.505. The van der Waals surface area contributed by atoms with E-state index >= 15 is 0 Å². The number of Topliss-reactive ketones (excluding diaryl/α,β-unsaturated/α-hetero) is 1. The smallest absolute Gasteiger partial charge is 0.246 e. The van der Waals surface area contributed by atoms with Crippen molar-refractivity contribution < 1.29 is 9.59 Å². The highest BCUT2D eigenvalue weighted by atomic mass is 16.1. The van der Waals surface area contributed by atoms with Crippen molar-refractivity contribution in [2.45, 2.75) is 66.2 Å². The predicted molar refractivity (Wildman–Crippen MR) is 77.6 cm³/mol. The maximum Gasteiger partial charge on any atom is 0.246 e. The van der Waals surface area contributed by atoms with Crippen LogP contribution in [0.5, 0.6) is 0 Å². The molecule has 18 heavy (non-hydrogen) atoms. The van der Waals surface area contributed by atoms with Gasteiger partial charge >= 0.3 is 0 Å². The minimum absolute atomic E-state index is 0.0587. The van der Waals surface area contributed by atoms with Crippen LogP contribution < -0.4 is 5.32 Å². The van der Waals surface area contributed by atoms with Crippen LogP contribution in [-0.4, -0.2) is 18.2 Å². The van der Waals surface area contributed by atoms with E-state index < -0.39 is 0 Å². The molecular formula is C15H29NO2. The third kappa shape index (κ3) is 14.9. The van der Waals surface area contributed by atoms with Gasteiger partial charge in [-0.05, 0) is 26.7 Å². The number of hydrogen-bond acceptors (Lipinski definition) is 2. The molecule has 1 N–H and O–H groups in total. The Labute approximate surface area is 112 Å². The number of carbonyl (C=O) groups excluding carboxylic acids is 2. The average molecular weight is 255 g/mol. The average Bonchev–Trinajstić information content (AvgIpc) is 2.34. The van der Waals surface area contributed by atoms with E-state index in [4.69, 9.17) is 0 Å². The van der Waals surface area contributed by atoms with Crippen molar-refractivity contribution in [1.29, 1.82) is 0 Å². The summed E-state index contributed by atoms with van der Waals surface area (Å²) >= 11 is 0. The molecule has 0 atom stereocenters. The number of hydrogen-bond donors (Lipinski definition) is 1. The first-order valence-corrected chi connectivity index (χ1v) is 6.97. The summed E-state index contributed by atoms with van der Waals surface area (Å²) in [5.41, 5.74) is 0.557. The monoisotopic (exact) mass is 255 g/mol. The van der Waals surface area contributed by atoms with E-state index in [1.54, 1.807) is 13.8 Å². The van der Waals surface area contributed by atoms with Crippen molar-refractivity contribution in [3.05, 3.63) is 12.2 Å². The number of nitrogens with one attached hydrogen (secondary N) is 1. The molecule has 0 radical (unpaired) electrons. The summed E-state index contributed by atoms with van der Waals surface area (Å²) in [4.78, 5) is 21.8. The molecular weight excluding hydrogens is 226 g/mol. The van der Waals surface area contributed by atoms with E-state index in [-0.39, 0.29) is 11.7 Å². The van der Waals surface area contributed by atoms with E-state index in [2.05, 4.69) is 11.9 Å². The minimum atomic E-state index is -0.0587.